The van der Waals surface area contributed by atoms with Crippen molar-refractivity contribution in [3.05, 3.63) is 0 Å². The molecule has 1 heterocycles. The number of amides is 2. The topological polar surface area (TPSA) is 61.4 Å². The van der Waals surface area contributed by atoms with Crippen molar-refractivity contribution in [2.45, 2.75) is 38.6 Å². The quantitative estimate of drug-likeness (QED) is 0.784. The third kappa shape index (κ3) is 2.43. The first-order valence-electron chi connectivity index (χ1n) is 8.03. The summed E-state index contributed by atoms with van der Waals surface area (Å²) in [7, 11) is 0. The maximum Gasteiger partial charge on any atom is 0.244 e. The third-order valence-electron chi connectivity index (χ3n) is 5.12. The lowest BCUT2D eigenvalue weighted by molar-refractivity contribution is -0.143. The average molecular weight is 279 g/mol. The SMILES string of the molecule is CCNC(=O)C1CNCCN1C(=O)C1C2CCCCC21. The molecule has 0 aromatic rings. The van der Waals surface area contributed by atoms with Crippen molar-refractivity contribution in [1.29, 1.82) is 0 Å². The minimum absolute atomic E-state index is 0.0170. The van der Waals surface area contributed by atoms with Gasteiger partial charge in [0.2, 0.25) is 11.8 Å². The molecule has 0 spiro atoms. The third-order valence-corrected chi connectivity index (χ3v) is 5.12. The van der Waals surface area contributed by atoms with Crippen LogP contribution in [0.3, 0.4) is 0 Å². The van der Waals surface area contributed by atoms with E-state index >= 15 is 0 Å². The molecule has 5 nitrogen and oxygen atoms in total. The van der Waals surface area contributed by atoms with Gasteiger partial charge in [-0.2, -0.15) is 0 Å². The fraction of sp³-hybridized carbons (Fsp3) is 0.867. The second-order valence-corrected chi connectivity index (χ2v) is 6.28. The minimum atomic E-state index is -0.321. The van der Waals surface area contributed by atoms with Gasteiger partial charge in [0.25, 0.3) is 0 Å². The predicted molar refractivity (Wildman–Crippen MR) is 76.0 cm³/mol. The summed E-state index contributed by atoms with van der Waals surface area (Å²) >= 11 is 0. The molecule has 3 fully saturated rings. The van der Waals surface area contributed by atoms with Crippen LogP contribution >= 0.6 is 0 Å². The van der Waals surface area contributed by atoms with Crippen molar-refractivity contribution in [1.82, 2.24) is 15.5 Å². The first kappa shape index (κ1) is 13.9. The van der Waals surface area contributed by atoms with E-state index in [-0.39, 0.29) is 23.8 Å². The molecule has 0 aromatic carbocycles. The molecule has 0 aromatic heterocycles. The van der Waals surface area contributed by atoms with Gasteiger partial charge in [-0.3, -0.25) is 9.59 Å². The van der Waals surface area contributed by atoms with E-state index in [0.717, 1.165) is 6.54 Å². The van der Waals surface area contributed by atoms with E-state index in [1.165, 1.54) is 25.7 Å². The molecule has 3 atom stereocenters. The fourth-order valence-corrected chi connectivity index (χ4v) is 4.04. The van der Waals surface area contributed by atoms with Gasteiger partial charge in [-0.1, -0.05) is 12.8 Å². The second-order valence-electron chi connectivity index (χ2n) is 6.28. The Morgan fingerprint density at radius 3 is 2.60 bits per heavy atom. The normalized spacial score (nSPS) is 36.1. The Morgan fingerprint density at radius 1 is 1.25 bits per heavy atom. The molecule has 3 unspecified atom stereocenters. The number of piperazine rings is 1. The largest absolute Gasteiger partial charge is 0.355 e. The lowest BCUT2D eigenvalue weighted by Crippen LogP contribution is -2.60. The minimum Gasteiger partial charge on any atom is -0.355 e. The molecule has 0 radical (unpaired) electrons. The van der Waals surface area contributed by atoms with Crippen molar-refractivity contribution in [3.8, 4) is 0 Å². The molecule has 20 heavy (non-hydrogen) atoms. The molecule has 1 aliphatic heterocycles. The summed E-state index contributed by atoms with van der Waals surface area (Å²) < 4.78 is 0. The van der Waals surface area contributed by atoms with Gasteiger partial charge in [0, 0.05) is 32.1 Å². The van der Waals surface area contributed by atoms with E-state index in [4.69, 9.17) is 0 Å². The summed E-state index contributed by atoms with van der Waals surface area (Å²) in [6.45, 7) is 4.57. The van der Waals surface area contributed by atoms with Crippen LogP contribution in [0, 0.1) is 17.8 Å². The van der Waals surface area contributed by atoms with E-state index in [2.05, 4.69) is 10.6 Å². The van der Waals surface area contributed by atoms with E-state index in [0.29, 0.717) is 31.5 Å². The van der Waals surface area contributed by atoms with Crippen LogP contribution < -0.4 is 10.6 Å². The molecule has 2 amide bonds. The number of hydrogen-bond acceptors (Lipinski definition) is 3. The smallest absolute Gasteiger partial charge is 0.244 e. The van der Waals surface area contributed by atoms with Gasteiger partial charge in [0.15, 0.2) is 0 Å². The highest BCUT2D eigenvalue weighted by Gasteiger charge is 2.56. The Kier molecular flexibility index (Phi) is 3.96. The highest BCUT2D eigenvalue weighted by atomic mass is 16.2. The van der Waals surface area contributed by atoms with Crippen LogP contribution in [0.4, 0.5) is 0 Å². The monoisotopic (exact) mass is 279 g/mol. The van der Waals surface area contributed by atoms with E-state index in [1.807, 2.05) is 11.8 Å². The van der Waals surface area contributed by atoms with Crippen molar-refractivity contribution in [2.75, 3.05) is 26.2 Å². The van der Waals surface area contributed by atoms with Crippen molar-refractivity contribution in [2.24, 2.45) is 17.8 Å². The van der Waals surface area contributed by atoms with E-state index in [1.54, 1.807) is 0 Å². The highest BCUT2D eigenvalue weighted by molar-refractivity contribution is 5.90. The molecule has 5 heteroatoms. The van der Waals surface area contributed by atoms with Gasteiger partial charge >= 0.3 is 0 Å². The van der Waals surface area contributed by atoms with Crippen LogP contribution in [-0.4, -0.2) is 48.9 Å². The van der Waals surface area contributed by atoms with Gasteiger partial charge in [0.1, 0.15) is 6.04 Å². The van der Waals surface area contributed by atoms with Crippen molar-refractivity contribution in [3.63, 3.8) is 0 Å². The van der Waals surface area contributed by atoms with Gasteiger partial charge < -0.3 is 15.5 Å². The number of nitrogens with one attached hydrogen (secondary N) is 2. The zero-order chi connectivity index (χ0) is 14.1. The zero-order valence-corrected chi connectivity index (χ0v) is 12.2. The second kappa shape index (κ2) is 5.72. The van der Waals surface area contributed by atoms with Crippen LogP contribution in [0.2, 0.25) is 0 Å². The number of likely N-dealkylation sites (N-methyl/N-ethyl adjacent to an activating group) is 1. The molecule has 112 valence electrons. The molecule has 1 saturated heterocycles. The van der Waals surface area contributed by atoms with Crippen LogP contribution in [0.1, 0.15) is 32.6 Å². The predicted octanol–water partition coefficient (Wildman–Crippen LogP) is 0.359. The molecule has 3 aliphatic rings. The number of carbonyl (C=O) groups is 2. The molecule has 2 aliphatic carbocycles. The summed E-state index contributed by atoms with van der Waals surface area (Å²) in [5.74, 6) is 1.66. The molecule has 0 bridgehead atoms. The maximum absolute atomic E-state index is 12.8. The van der Waals surface area contributed by atoms with Crippen LogP contribution in [-0.2, 0) is 9.59 Å². The Balaban J connectivity index is 1.67. The molecular weight excluding hydrogens is 254 g/mol. The summed E-state index contributed by atoms with van der Waals surface area (Å²) in [4.78, 5) is 26.7. The lowest BCUT2D eigenvalue weighted by Gasteiger charge is -2.35. The van der Waals surface area contributed by atoms with Gasteiger partial charge in [-0.05, 0) is 31.6 Å². The molecule has 3 rings (SSSR count). The molecular formula is C15H25N3O2. The standard InChI is InChI=1S/C15H25N3O2/c1-2-17-14(19)12-9-16-7-8-18(12)15(20)13-10-5-3-4-6-11(10)13/h10-13,16H,2-9H2,1H3,(H,17,19). The Labute approximate surface area is 120 Å². The zero-order valence-electron chi connectivity index (χ0n) is 12.2. The fourth-order valence-electron chi connectivity index (χ4n) is 4.04. The summed E-state index contributed by atoms with van der Waals surface area (Å²) in [5, 5.41) is 6.08. The van der Waals surface area contributed by atoms with E-state index in [9.17, 15) is 9.59 Å². The highest BCUT2D eigenvalue weighted by Crippen LogP contribution is 2.56. The molecule has 2 saturated carbocycles. The molecule has 2 N–H and O–H groups in total. The summed E-state index contributed by atoms with van der Waals surface area (Å²) in [5.41, 5.74) is 0. The first-order valence-corrected chi connectivity index (χ1v) is 8.03. The maximum atomic E-state index is 12.8. The van der Waals surface area contributed by atoms with Crippen molar-refractivity contribution >= 4 is 11.8 Å². The van der Waals surface area contributed by atoms with Gasteiger partial charge in [0.05, 0.1) is 0 Å². The number of hydrogen-bond donors (Lipinski definition) is 2. The van der Waals surface area contributed by atoms with Crippen LogP contribution in [0.15, 0.2) is 0 Å². The average Bonchev–Trinajstić information content (AvgIpc) is 3.21. The lowest BCUT2D eigenvalue weighted by atomic mass is 10.0. The Morgan fingerprint density at radius 2 is 1.95 bits per heavy atom. The number of fused-ring (bicyclic) bond motifs is 1. The number of nitrogens with zero attached hydrogens (tertiary/aromatic N) is 1. The summed E-state index contributed by atoms with van der Waals surface area (Å²) in [6.07, 6.45) is 4.95. The first-order chi connectivity index (χ1) is 9.74. The van der Waals surface area contributed by atoms with E-state index < -0.39 is 0 Å². The Hall–Kier alpha value is -1.10. The van der Waals surface area contributed by atoms with Gasteiger partial charge in [-0.15, -0.1) is 0 Å². The van der Waals surface area contributed by atoms with Crippen LogP contribution in [0.5, 0.6) is 0 Å². The number of rotatable bonds is 3. The summed E-state index contributed by atoms with van der Waals surface area (Å²) in [6, 6.07) is -0.321. The Bertz CT molecular complexity index is 387. The van der Waals surface area contributed by atoms with Gasteiger partial charge in [-0.25, -0.2) is 0 Å². The number of carbonyl (C=O) groups excluding carboxylic acids is 2. The van der Waals surface area contributed by atoms with Crippen molar-refractivity contribution < 1.29 is 9.59 Å². The van der Waals surface area contributed by atoms with Crippen LogP contribution in [0.25, 0.3) is 0 Å².